The van der Waals surface area contributed by atoms with E-state index in [9.17, 15) is 9.59 Å². The van der Waals surface area contributed by atoms with Crippen molar-refractivity contribution in [1.29, 1.82) is 0 Å². The zero-order chi connectivity index (χ0) is 23.7. The van der Waals surface area contributed by atoms with Crippen molar-refractivity contribution in [2.24, 2.45) is 0 Å². The van der Waals surface area contributed by atoms with Crippen LogP contribution in [-0.4, -0.2) is 50.9 Å². The first kappa shape index (κ1) is 21.4. The maximum atomic E-state index is 12.9. The quantitative estimate of drug-likeness (QED) is 0.322. The van der Waals surface area contributed by atoms with Gasteiger partial charge in [-0.1, -0.05) is 0 Å². The Morgan fingerprint density at radius 1 is 1.06 bits per heavy atom. The third kappa shape index (κ3) is 4.03. The summed E-state index contributed by atoms with van der Waals surface area (Å²) < 4.78 is 20.1. The second-order valence-corrected chi connectivity index (χ2v) is 7.80. The number of benzene rings is 1. The molecular formula is C25H22N4O5. The van der Waals surface area contributed by atoms with Gasteiger partial charge in [-0.2, -0.15) is 5.10 Å². The zero-order valence-electron chi connectivity index (χ0n) is 18.7. The standard InChI is InChI=1S/C25H22N4O5/c1-16-12-20(17(2)29(16)19-5-6-22-23(13-19)33-11-10-32-22)21(30)15-34-25(31)18-4-7-24(26-14-18)28-9-3-8-27-28/h3-9,12-14H,10-11,15H2,1-2H3. The van der Waals surface area contributed by atoms with Gasteiger partial charge in [0.2, 0.25) is 5.78 Å². The van der Waals surface area contributed by atoms with E-state index < -0.39 is 5.97 Å². The van der Waals surface area contributed by atoms with E-state index in [4.69, 9.17) is 14.2 Å². The number of fused-ring (bicyclic) bond motifs is 1. The topological polar surface area (TPSA) is 97.5 Å². The molecule has 0 saturated heterocycles. The number of pyridine rings is 1. The summed E-state index contributed by atoms with van der Waals surface area (Å²) in [5.74, 6) is 1.04. The molecule has 0 N–H and O–H groups in total. The third-order valence-corrected chi connectivity index (χ3v) is 5.57. The summed E-state index contributed by atoms with van der Waals surface area (Å²) in [5, 5.41) is 4.09. The Labute approximate surface area is 195 Å². The molecule has 4 heterocycles. The van der Waals surface area contributed by atoms with Gasteiger partial charge in [0.1, 0.15) is 13.2 Å². The normalized spacial score (nSPS) is 12.4. The molecule has 0 unspecified atom stereocenters. The molecule has 0 fully saturated rings. The van der Waals surface area contributed by atoms with Gasteiger partial charge in [-0.05, 0) is 50.2 Å². The van der Waals surface area contributed by atoms with Crippen molar-refractivity contribution in [2.45, 2.75) is 13.8 Å². The average molecular weight is 458 g/mol. The summed E-state index contributed by atoms with van der Waals surface area (Å²) in [6, 6.07) is 12.5. The smallest absolute Gasteiger partial charge is 0.340 e. The van der Waals surface area contributed by atoms with Crippen LogP contribution in [0.4, 0.5) is 0 Å². The lowest BCUT2D eigenvalue weighted by atomic mass is 10.1. The molecule has 0 aliphatic carbocycles. The highest BCUT2D eigenvalue weighted by atomic mass is 16.6. The molecular weight excluding hydrogens is 436 g/mol. The van der Waals surface area contributed by atoms with Gasteiger partial charge in [-0.15, -0.1) is 0 Å². The molecule has 0 atom stereocenters. The van der Waals surface area contributed by atoms with E-state index in [1.54, 1.807) is 41.3 Å². The molecule has 9 nitrogen and oxygen atoms in total. The third-order valence-electron chi connectivity index (χ3n) is 5.57. The molecule has 0 saturated carbocycles. The molecule has 0 radical (unpaired) electrons. The van der Waals surface area contributed by atoms with Gasteiger partial charge in [-0.25, -0.2) is 14.5 Å². The van der Waals surface area contributed by atoms with E-state index in [0.29, 0.717) is 36.1 Å². The van der Waals surface area contributed by atoms with E-state index in [1.807, 2.05) is 36.6 Å². The van der Waals surface area contributed by atoms with Crippen LogP contribution in [0, 0.1) is 13.8 Å². The van der Waals surface area contributed by atoms with Crippen molar-refractivity contribution in [3.63, 3.8) is 0 Å². The Balaban J connectivity index is 1.28. The Morgan fingerprint density at radius 2 is 1.88 bits per heavy atom. The van der Waals surface area contributed by atoms with Gasteiger partial charge in [0, 0.05) is 47.3 Å². The number of esters is 1. The van der Waals surface area contributed by atoms with Gasteiger partial charge in [-0.3, -0.25) is 4.79 Å². The molecule has 5 rings (SSSR count). The molecule has 0 amide bonds. The minimum absolute atomic E-state index is 0.255. The summed E-state index contributed by atoms with van der Waals surface area (Å²) in [5.41, 5.74) is 3.24. The number of Topliss-reactive ketones (excluding diaryl/α,β-unsaturated/α-hetero) is 1. The van der Waals surface area contributed by atoms with Gasteiger partial charge in [0.05, 0.1) is 5.56 Å². The molecule has 172 valence electrons. The number of carbonyl (C=O) groups is 2. The number of rotatable bonds is 6. The molecule has 4 aromatic rings. The molecule has 34 heavy (non-hydrogen) atoms. The second kappa shape index (κ2) is 8.86. The molecule has 1 aromatic carbocycles. The first-order valence-electron chi connectivity index (χ1n) is 10.8. The first-order chi connectivity index (χ1) is 16.5. The summed E-state index contributed by atoms with van der Waals surface area (Å²) in [6.45, 7) is 4.42. The minimum atomic E-state index is -0.617. The Hall–Kier alpha value is -4.40. The van der Waals surface area contributed by atoms with Gasteiger partial charge >= 0.3 is 5.97 Å². The van der Waals surface area contributed by atoms with E-state index in [-0.39, 0.29) is 18.0 Å². The number of hydrogen-bond donors (Lipinski definition) is 0. The van der Waals surface area contributed by atoms with E-state index in [1.165, 1.54) is 6.20 Å². The van der Waals surface area contributed by atoms with Crippen molar-refractivity contribution >= 4 is 11.8 Å². The highest BCUT2D eigenvalue weighted by molar-refractivity contribution is 6.00. The lowest BCUT2D eigenvalue weighted by molar-refractivity contribution is 0.0474. The lowest BCUT2D eigenvalue weighted by Crippen LogP contribution is -2.16. The molecule has 0 bridgehead atoms. The Kier molecular flexibility index (Phi) is 5.59. The van der Waals surface area contributed by atoms with Crippen molar-refractivity contribution in [3.05, 3.63) is 83.6 Å². The summed E-state index contributed by atoms with van der Waals surface area (Å²) in [4.78, 5) is 29.5. The van der Waals surface area contributed by atoms with Crippen LogP contribution in [0.1, 0.15) is 32.1 Å². The largest absolute Gasteiger partial charge is 0.486 e. The fourth-order valence-electron chi connectivity index (χ4n) is 3.95. The number of hydrogen-bond acceptors (Lipinski definition) is 7. The highest BCUT2D eigenvalue weighted by Crippen LogP contribution is 2.33. The van der Waals surface area contributed by atoms with Crippen LogP contribution >= 0.6 is 0 Å². The second-order valence-electron chi connectivity index (χ2n) is 7.80. The first-order valence-corrected chi connectivity index (χ1v) is 10.8. The zero-order valence-corrected chi connectivity index (χ0v) is 18.7. The molecule has 1 aliphatic heterocycles. The minimum Gasteiger partial charge on any atom is -0.486 e. The predicted molar refractivity (Wildman–Crippen MR) is 122 cm³/mol. The number of ketones is 1. The van der Waals surface area contributed by atoms with E-state index in [2.05, 4.69) is 10.1 Å². The van der Waals surface area contributed by atoms with Crippen LogP contribution in [0.3, 0.4) is 0 Å². The van der Waals surface area contributed by atoms with Crippen LogP contribution in [-0.2, 0) is 4.74 Å². The van der Waals surface area contributed by atoms with Crippen LogP contribution in [0.15, 0.2) is 61.1 Å². The molecule has 1 aliphatic rings. The summed E-state index contributed by atoms with van der Waals surface area (Å²) in [6.07, 6.45) is 4.79. The maximum Gasteiger partial charge on any atom is 0.340 e. The van der Waals surface area contributed by atoms with Gasteiger partial charge in [0.25, 0.3) is 0 Å². The average Bonchev–Trinajstić information content (AvgIpc) is 3.50. The fraction of sp³-hybridized carbons (Fsp3) is 0.200. The van der Waals surface area contributed by atoms with Crippen LogP contribution in [0.2, 0.25) is 0 Å². The van der Waals surface area contributed by atoms with Crippen molar-refractivity contribution in [2.75, 3.05) is 19.8 Å². The summed E-state index contributed by atoms with van der Waals surface area (Å²) >= 11 is 0. The number of ether oxygens (including phenoxy) is 3. The maximum absolute atomic E-state index is 12.9. The predicted octanol–water partition coefficient (Wildman–Crippen LogP) is 3.49. The molecule has 3 aromatic heterocycles. The van der Waals surface area contributed by atoms with Gasteiger partial charge < -0.3 is 18.8 Å². The number of carbonyl (C=O) groups excluding carboxylic acids is 2. The van der Waals surface area contributed by atoms with E-state index in [0.717, 1.165) is 17.1 Å². The number of nitrogens with zero attached hydrogens (tertiary/aromatic N) is 4. The lowest BCUT2D eigenvalue weighted by Gasteiger charge is -2.20. The number of aryl methyl sites for hydroxylation is 1. The van der Waals surface area contributed by atoms with E-state index >= 15 is 0 Å². The fourth-order valence-corrected chi connectivity index (χ4v) is 3.95. The monoisotopic (exact) mass is 458 g/mol. The van der Waals surface area contributed by atoms with Crippen molar-refractivity contribution < 1.29 is 23.8 Å². The Bertz CT molecular complexity index is 1360. The summed E-state index contributed by atoms with van der Waals surface area (Å²) in [7, 11) is 0. The molecule has 0 spiro atoms. The van der Waals surface area contributed by atoms with Crippen molar-refractivity contribution in [3.8, 4) is 23.0 Å². The van der Waals surface area contributed by atoms with Crippen LogP contribution in [0.5, 0.6) is 11.5 Å². The van der Waals surface area contributed by atoms with Crippen LogP contribution < -0.4 is 9.47 Å². The molecule has 9 heteroatoms. The van der Waals surface area contributed by atoms with Crippen molar-refractivity contribution in [1.82, 2.24) is 19.3 Å². The number of aromatic nitrogens is 4. The van der Waals surface area contributed by atoms with Crippen LogP contribution in [0.25, 0.3) is 11.5 Å². The highest BCUT2D eigenvalue weighted by Gasteiger charge is 2.20. The Morgan fingerprint density at radius 3 is 2.62 bits per heavy atom. The van der Waals surface area contributed by atoms with Gasteiger partial charge in [0.15, 0.2) is 23.9 Å². The SMILES string of the molecule is Cc1cc(C(=O)COC(=O)c2ccc(-n3cccn3)nc2)c(C)n1-c1ccc2c(c1)OCCO2.